The molecule has 0 fully saturated rings. The van der Waals surface area contributed by atoms with E-state index in [9.17, 15) is 0 Å². The molecule has 124 valence electrons. The van der Waals surface area contributed by atoms with Crippen LogP contribution < -0.4 is 14.8 Å². The van der Waals surface area contributed by atoms with Gasteiger partial charge in [0.05, 0.1) is 13.7 Å². The van der Waals surface area contributed by atoms with Gasteiger partial charge in [0, 0.05) is 28.7 Å². The van der Waals surface area contributed by atoms with Crippen LogP contribution >= 0.6 is 23.2 Å². The van der Waals surface area contributed by atoms with Crippen LogP contribution in [0.1, 0.15) is 11.1 Å². The first-order valence-corrected chi connectivity index (χ1v) is 7.95. The quantitative estimate of drug-likeness (QED) is 0.709. The van der Waals surface area contributed by atoms with E-state index in [1.54, 1.807) is 25.3 Å². The van der Waals surface area contributed by atoms with Crippen molar-refractivity contribution < 1.29 is 14.6 Å². The summed E-state index contributed by atoms with van der Waals surface area (Å²) in [5, 5.41) is 13.0. The Hall–Kier alpha value is -1.46. The molecule has 0 unspecified atom stereocenters. The van der Waals surface area contributed by atoms with Crippen molar-refractivity contribution in [3.05, 3.63) is 57.6 Å². The Morgan fingerprint density at radius 2 is 1.83 bits per heavy atom. The highest BCUT2D eigenvalue weighted by Crippen LogP contribution is 2.31. The molecule has 0 spiro atoms. The topological polar surface area (TPSA) is 50.7 Å². The Labute approximate surface area is 145 Å². The summed E-state index contributed by atoms with van der Waals surface area (Å²) in [6, 6.07) is 11.0. The van der Waals surface area contributed by atoms with Gasteiger partial charge in [-0.05, 0) is 29.8 Å². The summed E-state index contributed by atoms with van der Waals surface area (Å²) in [6.07, 6.45) is 0. The lowest BCUT2D eigenvalue weighted by Gasteiger charge is -2.14. The largest absolute Gasteiger partial charge is 0.493 e. The molecule has 0 saturated carbocycles. The van der Waals surface area contributed by atoms with Crippen molar-refractivity contribution in [2.75, 3.05) is 20.3 Å². The molecule has 4 nitrogen and oxygen atoms in total. The molecule has 2 N–H and O–H groups in total. The Morgan fingerprint density at radius 3 is 2.48 bits per heavy atom. The third-order valence-corrected chi connectivity index (χ3v) is 3.99. The molecule has 0 heterocycles. The van der Waals surface area contributed by atoms with Gasteiger partial charge in [0.15, 0.2) is 11.5 Å². The van der Waals surface area contributed by atoms with Gasteiger partial charge in [-0.25, -0.2) is 0 Å². The van der Waals surface area contributed by atoms with Crippen molar-refractivity contribution in [2.45, 2.75) is 13.2 Å². The van der Waals surface area contributed by atoms with Crippen molar-refractivity contribution in [1.82, 2.24) is 5.32 Å². The zero-order valence-electron chi connectivity index (χ0n) is 12.8. The standard InChI is InChI=1S/C17H19Cl2NO3/c1-22-17-9-12(10-20-7-8-21)5-6-16(17)23-11-13-14(18)3-2-4-15(13)19/h2-6,9,20-21H,7-8,10-11H2,1H3. The lowest BCUT2D eigenvalue weighted by molar-refractivity contribution is 0.284. The van der Waals surface area contributed by atoms with Gasteiger partial charge < -0.3 is 19.9 Å². The number of hydrogen-bond donors (Lipinski definition) is 2. The van der Waals surface area contributed by atoms with Crippen molar-refractivity contribution >= 4 is 23.2 Å². The number of methoxy groups -OCH3 is 1. The highest BCUT2D eigenvalue weighted by molar-refractivity contribution is 6.35. The summed E-state index contributed by atoms with van der Waals surface area (Å²) in [4.78, 5) is 0. The number of ether oxygens (including phenoxy) is 2. The molecular weight excluding hydrogens is 337 g/mol. The van der Waals surface area contributed by atoms with Gasteiger partial charge in [0.25, 0.3) is 0 Å². The predicted octanol–water partition coefficient (Wildman–Crippen LogP) is 3.66. The maximum Gasteiger partial charge on any atom is 0.161 e. The fraction of sp³-hybridized carbons (Fsp3) is 0.294. The van der Waals surface area contributed by atoms with Gasteiger partial charge in [-0.15, -0.1) is 0 Å². The molecule has 2 aromatic carbocycles. The fourth-order valence-electron chi connectivity index (χ4n) is 2.07. The lowest BCUT2D eigenvalue weighted by atomic mass is 10.2. The minimum Gasteiger partial charge on any atom is -0.493 e. The second-order valence-electron chi connectivity index (χ2n) is 4.87. The van der Waals surface area contributed by atoms with Gasteiger partial charge in [-0.3, -0.25) is 0 Å². The van der Waals surface area contributed by atoms with Gasteiger partial charge in [0.1, 0.15) is 6.61 Å². The summed E-state index contributed by atoms with van der Waals surface area (Å²) in [5.74, 6) is 1.26. The molecule has 0 atom stereocenters. The summed E-state index contributed by atoms with van der Waals surface area (Å²) in [5.41, 5.74) is 1.78. The summed E-state index contributed by atoms with van der Waals surface area (Å²) < 4.78 is 11.2. The summed E-state index contributed by atoms with van der Waals surface area (Å²) in [6.45, 7) is 1.56. The lowest BCUT2D eigenvalue weighted by Crippen LogP contribution is -2.17. The van der Waals surface area contributed by atoms with E-state index >= 15 is 0 Å². The van der Waals surface area contributed by atoms with Crippen LogP contribution in [0.25, 0.3) is 0 Å². The van der Waals surface area contributed by atoms with E-state index in [-0.39, 0.29) is 13.2 Å². The molecule has 0 aliphatic heterocycles. The van der Waals surface area contributed by atoms with Gasteiger partial charge in [-0.1, -0.05) is 35.3 Å². The molecule has 0 radical (unpaired) electrons. The van der Waals surface area contributed by atoms with E-state index in [1.165, 1.54) is 0 Å². The van der Waals surface area contributed by atoms with Gasteiger partial charge in [-0.2, -0.15) is 0 Å². The Morgan fingerprint density at radius 1 is 1.09 bits per heavy atom. The van der Waals surface area contributed by atoms with Crippen molar-refractivity contribution in [3.63, 3.8) is 0 Å². The first-order chi connectivity index (χ1) is 11.2. The van der Waals surface area contributed by atoms with Crippen LogP contribution in [0.2, 0.25) is 10.0 Å². The molecular formula is C17H19Cl2NO3. The molecule has 0 aromatic heterocycles. The average molecular weight is 356 g/mol. The minimum absolute atomic E-state index is 0.108. The monoisotopic (exact) mass is 355 g/mol. The third-order valence-electron chi connectivity index (χ3n) is 3.28. The number of rotatable bonds is 8. The Kier molecular flexibility index (Phi) is 6.99. The number of halogens is 2. The number of aliphatic hydroxyl groups is 1. The maximum absolute atomic E-state index is 8.78. The van der Waals surface area contributed by atoms with E-state index in [4.69, 9.17) is 37.8 Å². The predicted molar refractivity (Wildman–Crippen MR) is 92.6 cm³/mol. The van der Waals surface area contributed by atoms with Crippen molar-refractivity contribution in [2.24, 2.45) is 0 Å². The molecule has 0 saturated heterocycles. The molecule has 0 amide bonds. The highest BCUT2D eigenvalue weighted by Gasteiger charge is 2.10. The zero-order valence-corrected chi connectivity index (χ0v) is 14.3. The van der Waals surface area contributed by atoms with Crippen molar-refractivity contribution in [1.29, 1.82) is 0 Å². The molecule has 6 heteroatoms. The van der Waals surface area contributed by atoms with E-state index in [2.05, 4.69) is 5.32 Å². The number of nitrogens with one attached hydrogen (secondary N) is 1. The molecule has 2 rings (SSSR count). The fourth-order valence-corrected chi connectivity index (χ4v) is 2.58. The smallest absolute Gasteiger partial charge is 0.161 e. The second kappa shape index (κ2) is 8.99. The molecule has 0 aliphatic carbocycles. The van der Waals surface area contributed by atoms with Crippen LogP contribution in [-0.2, 0) is 13.2 Å². The normalized spacial score (nSPS) is 10.6. The molecule has 0 aliphatic rings. The summed E-state index contributed by atoms with van der Waals surface area (Å²) >= 11 is 12.3. The first-order valence-electron chi connectivity index (χ1n) is 7.20. The van der Waals surface area contributed by atoms with Crippen LogP contribution in [-0.4, -0.2) is 25.4 Å². The molecule has 0 bridgehead atoms. The number of benzene rings is 2. The first kappa shape index (κ1) is 17.9. The van der Waals surface area contributed by atoms with Gasteiger partial charge >= 0.3 is 0 Å². The van der Waals surface area contributed by atoms with Crippen LogP contribution in [0, 0.1) is 0 Å². The van der Waals surface area contributed by atoms with E-state index in [1.807, 2.05) is 18.2 Å². The molecule has 2 aromatic rings. The van der Waals surface area contributed by atoms with Crippen LogP contribution in [0.3, 0.4) is 0 Å². The zero-order chi connectivity index (χ0) is 16.7. The number of hydrogen-bond acceptors (Lipinski definition) is 4. The van der Waals surface area contributed by atoms with Crippen LogP contribution in [0.5, 0.6) is 11.5 Å². The minimum atomic E-state index is 0.108. The Bertz CT molecular complexity index is 629. The van der Waals surface area contributed by atoms with Crippen molar-refractivity contribution in [3.8, 4) is 11.5 Å². The maximum atomic E-state index is 8.78. The third kappa shape index (κ3) is 5.01. The van der Waals surface area contributed by atoms with Crippen LogP contribution in [0.15, 0.2) is 36.4 Å². The van der Waals surface area contributed by atoms with Crippen LogP contribution in [0.4, 0.5) is 0 Å². The highest BCUT2D eigenvalue weighted by atomic mass is 35.5. The SMILES string of the molecule is COc1cc(CNCCO)ccc1OCc1c(Cl)cccc1Cl. The Balaban J connectivity index is 2.07. The summed E-state index contributed by atoms with van der Waals surface area (Å²) in [7, 11) is 1.59. The molecule has 23 heavy (non-hydrogen) atoms. The van der Waals surface area contributed by atoms with E-state index < -0.39 is 0 Å². The number of aliphatic hydroxyl groups excluding tert-OH is 1. The van der Waals surface area contributed by atoms with E-state index in [0.717, 1.165) is 11.1 Å². The van der Waals surface area contributed by atoms with Gasteiger partial charge in [0.2, 0.25) is 0 Å². The second-order valence-corrected chi connectivity index (χ2v) is 5.69. The average Bonchev–Trinajstić information content (AvgIpc) is 2.55. The van der Waals surface area contributed by atoms with E-state index in [0.29, 0.717) is 34.6 Å².